The summed E-state index contributed by atoms with van der Waals surface area (Å²) in [6.07, 6.45) is 9.47. The molecule has 2 nitrogen and oxygen atoms in total. The van der Waals surface area contributed by atoms with Crippen LogP contribution < -0.4 is 0 Å². The molecular weight excluding hydrogens is 339 g/mol. The normalized spacial score (nSPS) is 31.9. The highest BCUT2D eigenvalue weighted by Crippen LogP contribution is 2.48. The quantitative estimate of drug-likeness (QED) is 0.488. The predicted molar refractivity (Wildman–Crippen MR) is 82.7 cm³/mol. The van der Waals surface area contributed by atoms with E-state index in [0.717, 1.165) is 18.4 Å². The van der Waals surface area contributed by atoms with Gasteiger partial charge < -0.3 is 9.47 Å². The van der Waals surface area contributed by atoms with Gasteiger partial charge in [-0.2, -0.15) is 0 Å². The van der Waals surface area contributed by atoms with Crippen LogP contribution in [-0.2, 0) is 9.47 Å². The van der Waals surface area contributed by atoms with E-state index >= 15 is 0 Å². The number of ether oxygens (including phenoxy) is 2. The van der Waals surface area contributed by atoms with Gasteiger partial charge in [0.15, 0.2) is 6.29 Å². The molecule has 2 rings (SSSR count). The highest BCUT2D eigenvalue weighted by molar-refractivity contribution is 14.1. The lowest BCUT2D eigenvalue weighted by molar-refractivity contribution is -0.169. The highest BCUT2D eigenvalue weighted by atomic mass is 127. The topological polar surface area (TPSA) is 18.5 Å². The van der Waals surface area contributed by atoms with Crippen LogP contribution in [0.4, 0.5) is 0 Å². The molecule has 0 amide bonds. The van der Waals surface area contributed by atoms with Crippen molar-refractivity contribution >= 4 is 22.6 Å². The van der Waals surface area contributed by atoms with Crippen LogP contribution in [-0.4, -0.2) is 19.0 Å². The van der Waals surface area contributed by atoms with Crippen LogP contribution in [0.15, 0.2) is 10.2 Å². The van der Waals surface area contributed by atoms with Crippen molar-refractivity contribution in [1.29, 1.82) is 0 Å². The van der Waals surface area contributed by atoms with Crippen LogP contribution >= 0.6 is 22.6 Å². The fourth-order valence-corrected chi connectivity index (χ4v) is 3.56. The second kappa shape index (κ2) is 7.25. The molecule has 0 aromatic heterocycles. The first-order chi connectivity index (χ1) is 8.74. The van der Waals surface area contributed by atoms with E-state index in [-0.39, 0.29) is 12.4 Å². The Kier molecular flexibility index (Phi) is 5.96. The van der Waals surface area contributed by atoms with E-state index in [1.54, 1.807) is 0 Å². The Morgan fingerprint density at radius 2 is 2.00 bits per heavy atom. The Balaban J connectivity index is 1.76. The monoisotopic (exact) mass is 364 g/mol. The summed E-state index contributed by atoms with van der Waals surface area (Å²) in [5.41, 5.74) is 0. The van der Waals surface area contributed by atoms with E-state index in [9.17, 15) is 0 Å². The fourth-order valence-electron chi connectivity index (χ4n) is 3.15. The van der Waals surface area contributed by atoms with Crippen LogP contribution in [0.2, 0.25) is 0 Å². The van der Waals surface area contributed by atoms with E-state index < -0.39 is 0 Å². The summed E-state index contributed by atoms with van der Waals surface area (Å²) in [5.74, 6) is 2.74. The largest absolute Gasteiger partial charge is 0.353 e. The number of hydrogen-bond acceptors (Lipinski definition) is 2. The van der Waals surface area contributed by atoms with Crippen molar-refractivity contribution in [1.82, 2.24) is 0 Å². The van der Waals surface area contributed by atoms with Gasteiger partial charge in [0.1, 0.15) is 0 Å². The standard InChI is InChI=1S/C15H25IO2/c1-3-17-11(2)18-15(7-8-16)14-9-13(10-14)12-5-4-6-12/h7-8,11-15H,3-6,9-10H2,1-2H3/b8-7+. The summed E-state index contributed by atoms with van der Waals surface area (Å²) >= 11 is 2.28. The van der Waals surface area contributed by atoms with E-state index in [4.69, 9.17) is 9.47 Å². The first-order valence-corrected chi connectivity index (χ1v) is 8.53. The Bertz CT molecular complexity index is 270. The molecule has 2 unspecified atom stereocenters. The van der Waals surface area contributed by atoms with E-state index in [0.29, 0.717) is 5.92 Å². The summed E-state index contributed by atoms with van der Waals surface area (Å²) in [6.45, 7) is 4.73. The van der Waals surface area contributed by atoms with Gasteiger partial charge in [-0.25, -0.2) is 0 Å². The Morgan fingerprint density at radius 1 is 1.28 bits per heavy atom. The molecule has 2 aliphatic rings. The minimum Gasteiger partial charge on any atom is -0.353 e. The van der Waals surface area contributed by atoms with Gasteiger partial charge in [-0.15, -0.1) is 0 Å². The minimum atomic E-state index is -0.0876. The molecule has 2 atom stereocenters. The molecule has 0 bridgehead atoms. The molecule has 2 aliphatic carbocycles. The Morgan fingerprint density at radius 3 is 2.50 bits per heavy atom. The molecule has 104 valence electrons. The average Bonchev–Trinajstić information content (AvgIpc) is 2.19. The second-order valence-corrected chi connectivity index (χ2v) is 6.34. The molecule has 0 saturated heterocycles. The summed E-state index contributed by atoms with van der Waals surface area (Å²) < 4.78 is 13.6. The minimum absolute atomic E-state index is 0.0876. The molecule has 2 saturated carbocycles. The van der Waals surface area contributed by atoms with Crippen LogP contribution in [0.1, 0.15) is 46.0 Å². The lowest BCUT2D eigenvalue weighted by atomic mass is 9.61. The van der Waals surface area contributed by atoms with Crippen molar-refractivity contribution in [2.75, 3.05) is 6.61 Å². The molecule has 0 heterocycles. The SMILES string of the molecule is CCOC(C)OC(/C=C/I)C1CC(C2CCC2)C1. The average molecular weight is 364 g/mol. The molecular formula is C15H25IO2. The molecule has 0 spiro atoms. The number of rotatable bonds is 7. The number of hydrogen-bond donors (Lipinski definition) is 0. The molecule has 18 heavy (non-hydrogen) atoms. The zero-order valence-electron chi connectivity index (χ0n) is 11.5. The molecule has 0 aromatic rings. The summed E-state index contributed by atoms with van der Waals surface area (Å²) in [4.78, 5) is 0. The second-order valence-electron chi connectivity index (χ2n) is 5.62. The Hall–Kier alpha value is 0.390. The third kappa shape index (κ3) is 3.70. The maximum Gasteiger partial charge on any atom is 0.155 e. The van der Waals surface area contributed by atoms with Gasteiger partial charge in [-0.3, -0.25) is 0 Å². The first kappa shape index (κ1) is 14.8. The summed E-state index contributed by atoms with van der Waals surface area (Å²) in [5, 5.41) is 0. The van der Waals surface area contributed by atoms with Gasteiger partial charge in [0.25, 0.3) is 0 Å². The summed E-state index contributed by atoms with van der Waals surface area (Å²) in [6, 6.07) is 0. The van der Waals surface area contributed by atoms with E-state index in [1.807, 2.05) is 13.8 Å². The lowest BCUT2D eigenvalue weighted by Crippen LogP contribution is -2.41. The van der Waals surface area contributed by atoms with Crippen molar-refractivity contribution in [3.8, 4) is 0 Å². The third-order valence-corrected chi connectivity index (χ3v) is 4.92. The zero-order valence-corrected chi connectivity index (χ0v) is 13.6. The van der Waals surface area contributed by atoms with Crippen LogP contribution in [0.5, 0.6) is 0 Å². The van der Waals surface area contributed by atoms with Crippen LogP contribution in [0, 0.1) is 17.8 Å². The maximum atomic E-state index is 6.00. The third-order valence-electron chi connectivity index (χ3n) is 4.50. The first-order valence-electron chi connectivity index (χ1n) is 7.28. The van der Waals surface area contributed by atoms with Crippen molar-refractivity contribution in [2.24, 2.45) is 17.8 Å². The predicted octanol–water partition coefficient (Wildman–Crippen LogP) is 4.53. The molecule has 2 fully saturated rings. The smallest absolute Gasteiger partial charge is 0.155 e. The molecule has 0 aliphatic heterocycles. The van der Waals surface area contributed by atoms with Crippen molar-refractivity contribution < 1.29 is 9.47 Å². The van der Waals surface area contributed by atoms with Gasteiger partial charge in [-0.05, 0) is 54.6 Å². The fraction of sp³-hybridized carbons (Fsp3) is 0.867. The van der Waals surface area contributed by atoms with Gasteiger partial charge in [0, 0.05) is 6.61 Å². The molecule has 0 N–H and O–H groups in total. The van der Waals surface area contributed by atoms with Crippen molar-refractivity contribution in [3.05, 3.63) is 10.2 Å². The van der Waals surface area contributed by atoms with E-state index in [1.165, 1.54) is 32.1 Å². The summed E-state index contributed by atoms with van der Waals surface area (Å²) in [7, 11) is 0. The zero-order chi connectivity index (χ0) is 13.0. The molecule has 0 radical (unpaired) electrons. The maximum absolute atomic E-state index is 6.00. The van der Waals surface area contributed by atoms with Crippen LogP contribution in [0.25, 0.3) is 0 Å². The van der Waals surface area contributed by atoms with Gasteiger partial charge in [0.2, 0.25) is 0 Å². The van der Waals surface area contributed by atoms with E-state index in [2.05, 4.69) is 32.7 Å². The Labute approximate surface area is 125 Å². The van der Waals surface area contributed by atoms with Crippen molar-refractivity contribution in [2.45, 2.75) is 58.3 Å². The van der Waals surface area contributed by atoms with Gasteiger partial charge in [-0.1, -0.05) is 41.9 Å². The molecule has 3 heteroatoms. The van der Waals surface area contributed by atoms with Gasteiger partial charge >= 0.3 is 0 Å². The van der Waals surface area contributed by atoms with Gasteiger partial charge in [0.05, 0.1) is 6.10 Å². The van der Waals surface area contributed by atoms with Crippen molar-refractivity contribution in [3.63, 3.8) is 0 Å². The van der Waals surface area contributed by atoms with Crippen LogP contribution in [0.3, 0.4) is 0 Å². The highest BCUT2D eigenvalue weighted by Gasteiger charge is 2.40. The lowest BCUT2D eigenvalue weighted by Gasteiger charge is -2.46. The number of halogens is 1. The molecule has 0 aromatic carbocycles.